The van der Waals surface area contributed by atoms with Gasteiger partial charge in [-0.3, -0.25) is 4.79 Å². The van der Waals surface area contributed by atoms with Gasteiger partial charge in [-0.2, -0.15) is 13.2 Å². The third-order valence-electron chi connectivity index (χ3n) is 5.56. The summed E-state index contributed by atoms with van der Waals surface area (Å²) in [4.78, 5) is 35.2. The van der Waals surface area contributed by atoms with Gasteiger partial charge >= 0.3 is 18.2 Å². The van der Waals surface area contributed by atoms with Crippen LogP contribution in [0, 0.1) is 5.92 Å². The van der Waals surface area contributed by atoms with Gasteiger partial charge in [-0.05, 0) is 28.7 Å². The molecule has 1 aliphatic rings. The van der Waals surface area contributed by atoms with Gasteiger partial charge in [0, 0.05) is 12.5 Å². The number of carboxylic acid groups (broad SMARTS) is 1. The van der Waals surface area contributed by atoms with Gasteiger partial charge in [0.2, 0.25) is 11.9 Å². The second-order valence-corrected chi connectivity index (χ2v) is 7.63. The zero-order valence-corrected chi connectivity index (χ0v) is 17.7. The summed E-state index contributed by atoms with van der Waals surface area (Å²) in [6.45, 7) is 1.27. The van der Waals surface area contributed by atoms with E-state index in [1.807, 2.05) is 48.5 Å². The summed E-state index contributed by atoms with van der Waals surface area (Å²) in [5.74, 6) is -4.57. The normalized spacial score (nSPS) is 14.5. The zero-order chi connectivity index (χ0) is 24.2. The van der Waals surface area contributed by atoms with Crippen LogP contribution in [0.15, 0.2) is 48.5 Å². The number of alkyl halides is 3. The van der Waals surface area contributed by atoms with Gasteiger partial charge in [0.15, 0.2) is 0 Å². The van der Waals surface area contributed by atoms with E-state index in [4.69, 9.17) is 9.84 Å². The molecule has 0 heterocycles. The lowest BCUT2D eigenvalue weighted by Crippen LogP contribution is -2.53. The van der Waals surface area contributed by atoms with Crippen molar-refractivity contribution in [3.8, 4) is 11.1 Å². The first kappa shape index (κ1) is 24.1. The second kappa shape index (κ2) is 9.93. The Balaban J connectivity index is 1.57. The Labute approximate surface area is 187 Å². The van der Waals surface area contributed by atoms with E-state index < -0.39 is 36.1 Å². The van der Waals surface area contributed by atoms with Gasteiger partial charge in [0.1, 0.15) is 6.61 Å². The molecule has 3 rings (SSSR count). The average molecular weight is 464 g/mol. The van der Waals surface area contributed by atoms with Crippen LogP contribution in [0.5, 0.6) is 0 Å². The lowest BCUT2D eigenvalue weighted by atomic mass is 9.98. The Morgan fingerprint density at radius 3 is 2.06 bits per heavy atom. The predicted octanol–water partition coefficient (Wildman–Crippen LogP) is 3.68. The lowest BCUT2D eigenvalue weighted by Gasteiger charge is -2.21. The molecule has 10 heteroatoms. The standard InChI is InChI=1S/C23H23F3N2O5/c1-2-13(20(29)28-19(21(30)31)23(24,25)26)11-27-22(32)33-12-18-16-9-5-3-7-14(16)15-8-4-6-10-17(15)18/h3-10,13,18-19H,2,11-12H2,1H3,(H,27,32)(H,28,29)(H,30,31). The highest BCUT2D eigenvalue weighted by atomic mass is 19.4. The number of halogens is 3. The first-order chi connectivity index (χ1) is 15.6. The number of nitrogens with one attached hydrogen (secondary N) is 2. The van der Waals surface area contributed by atoms with Gasteiger partial charge in [-0.15, -0.1) is 0 Å². The van der Waals surface area contributed by atoms with Crippen molar-refractivity contribution in [3.63, 3.8) is 0 Å². The quantitative estimate of drug-likeness (QED) is 0.553. The summed E-state index contributed by atoms with van der Waals surface area (Å²) in [6.07, 6.45) is -5.88. The van der Waals surface area contributed by atoms with Crippen LogP contribution in [0.4, 0.5) is 18.0 Å². The Hall–Kier alpha value is -3.56. The number of amides is 2. The molecule has 1 aliphatic carbocycles. The maximum atomic E-state index is 12.8. The smallest absolute Gasteiger partial charge is 0.419 e. The molecular weight excluding hydrogens is 441 g/mol. The number of aliphatic carboxylic acids is 1. The van der Waals surface area contributed by atoms with Gasteiger partial charge in [-0.25, -0.2) is 9.59 Å². The number of fused-ring (bicyclic) bond motifs is 3. The average Bonchev–Trinajstić information content (AvgIpc) is 3.09. The van der Waals surface area contributed by atoms with Crippen molar-refractivity contribution < 1.29 is 37.4 Å². The Morgan fingerprint density at radius 1 is 1.03 bits per heavy atom. The maximum absolute atomic E-state index is 12.8. The summed E-state index contributed by atoms with van der Waals surface area (Å²) in [6, 6.07) is 12.5. The third kappa shape index (κ3) is 5.44. The number of carboxylic acids is 1. The summed E-state index contributed by atoms with van der Waals surface area (Å²) >= 11 is 0. The Bertz CT molecular complexity index is 995. The number of benzene rings is 2. The summed E-state index contributed by atoms with van der Waals surface area (Å²) < 4.78 is 43.7. The molecule has 0 saturated carbocycles. The van der Waals surface area contributed by atoms with Gasteiger partial charge in [-0.1, -0.05) is 55.5 Å². The van der Waals surface area contributed by atoms with Crippen molar-refractivity contribution in [2.24, 2.45) is 5.92 Å². The number of ether oxygens (including phenoxy) is 1. The highest BCUT2D eigenvalue weighted by molar-refractivity contribution is 5.86. The van der Waals surface area contributed by atoms with E-state index in [2.05, 4.69) is 5.32 Å². The fraction of sp³-hybridized carbons (Fsp3) is 0.348. The molecule has 0 bridgehead atoms. The third-order valence-corrected chi connectivity index (χ3v) is 5.56. The number of hydrogen-bond acceptors (Lipinski definition) is 4. The van der Waals surface area contributed by atoms with E-state index in [1.54, 1.807) is 0 Å². The topological polar surface area (TPSA) is 105 Å². The molecule has 3 N–H and O–H groups in total. The molecule has 2 unspecified atom stereocenters. The number of carbonyl (C=O) groups excluding carboxylic acids is 2. The van der Waals surface area contributed by atoms with Crippen molar-refractivity contribution in [1.82, 2.24) is 10.6 Å². The molecule has 0 saturated heterocycles. The Kier molecular flexibility index (Phi) is 7.25. The van der Waals surface area contributed by atoms with Crippen molar-refractivity contribution in [3.05, 3.63) is 59.7 Å². The molecule has 33 heavy (non-hydrogen) atoms. The van der Waals surface area contributed by atoms with E-state index in [0.29, 0.717) is 0 Å². The van der Waals surface area contributed by atoms with Crippen molar-refractivity contribution in [2.75, 3.05) is 13.2 Å². The Morgan fingerprint density at radius 2 is 1.58 bits per heavy atom. The SMILES string of the molecule is CCC(CNC(=O)OCC1c2ccccc2-c2ccccc21)C(=O)NC(C(=O)O)C(F)(F)F. The predicted molar refractivity (Wildman–Crippen MR) is 112 cm³/mol. The highest BCUT2D eigenvalue weighted by Crippen LogP contribution is 2.44. The van der Waals surface area contributed by atoms with Crippen LogP contribution in [0.2, 0.25) is 0 Å². The monoisotopic (exact) mass is 464 g/mol. The number of hydrogen-bond donors (Lipinski definition) is 3. The lowest BCUT2D eigenvalue weighted by molar-refractivity contribution is -0.182. The molecular formula is C23H23F3N2O5. The highest BCUT2D eigenvalue weighted by Gasteiger charge is 2.46. The first-order valence-electron chi connectivity index (χ1n) is 10.3. The van der Waals surface area contributed by atoms with E-state index in [1.165, 1.54) is 12.2 Å². The van der Waals surface area contributed by atoms with E-state index in [0.717, 1.165) is 22.3 Å². The fourth-order valence-corrected chi connectivity index (χ4v) is 3.82. The van der Waals surface area contributed by atoms with Crippen LogP contribution in [0.3, 0.4) is 0 Å². The van der Waals surface area contributed by atoms with Gasteiger partial charge in [0.25, 0.3) is 0 Å². The minimum absolute atomic E-state index is 0.0397. The van der Waals surface area contributed by atoms with Crippen LogP contribution < -0.4 is 10.6 Å². The first-order valence-corrected chi connectivity index (χ1v) is 10.3. The molecule has 2 aromatic rings. The fourth-order valence-electron chi connectivity index (χ4n) is 3.82. The molecule has 0 fully saturated rings. The molecule has 0 spiro atoms. The van der Waals surface area contributed by atoms with Crippen LogP contribution in [-0.4, -0.2) is 48.4 Å². The van der Waals surface area contributed by atoms with Crippen molar-refractivity contribution in [1.29, 1.82) is 0 Å². The summed E-state index contributed by atoms with van der Waals surface area (Å²) in [7, 11) is 0. The van der Waals surface area contributed by atoms with Crippen molar-refractivity contribution in [2.45, 2.75) is 31.5 Å². The number of carbonyl (C=O) groups is 3. The van der Waals surface area contributed by atoms with Gasteiger partial charge < -0.3 is 20.5 Å². The van der Waals surface area contributed by atoms with Gasteiger partial charge in [0.05, 0.1) is 5.92 Å². The summed E-state index contributed by atoms with van der Waals surface area (Å²) in [5, 5.41) is 12.6. The van der Waals surface area contributed by atoms with E-state index in [-0.39, 0.29) is 25.5 Å². The van der Waals surface area contributed by atoms with E-state index >= 15 is 0 Å². The number of alkyl carbamates (subject to hydrolysis) is 1. The number of rotatable bonds is 8. The minimum atomic E-state index is -5.14. The molecule has 2 atom stereocenters. The van der Waals surface area contributed by atoms with Crippen molar-refractivity contribution >= 4 is 18.0 Å². The van der Waals surface area contributed by atoms with Crippen LogP contribution in [0.25, 0.3) is 11.1 Å². The molecule has 0 aliphatic heterocycles. The van der Waals surface area contributed by atoms with Crippen LogP contribution >= 0.6 is 0 Å². The van der Waals surface area contributed by atoms with Crippen LogP contribution in [-0.2, 0) is 14.3 Å². The second-order valence-electron chi connectivity index (χ2n) is 7.63. The zero-order valence-electron chi connectivity index (χ0n) is 17.7. The molecule has 176 valence electrons. The molecule has 2 aromatic carbocycles. The van der Waals surface area contributed by atoms with E-state index in [9.17, 15) is 27.6 Å². The molecule has 2 amide bonds. The molecule has 0 aromatic heterocycles. The van der Waals surface area contributed by atoms with Crippen LogP contribution in [0.1, 0.15) is 30.4 Å². The minimum Gasteiger partial charge on any atom is -0.479 e. The molecule has 7 nitrogen and oxygen atoms in total. The largest absolute Gasteiger partial charge is 0.479 e. The summed E-state index contributed by atoms with van der Waals surface area (Å²) in [5.41, 5.74) is 4.15. The maximum Gasteiger partial charge on any atom is 0.419 e. The molecule has 0 radical (unpaired) electrons.